The van der Waals surface area contributed by atoms with Crippen molar-refractivity contribution >= 4 is 6.72 Å². The first-order valence-electron chi connectivity index (χ1n) is 4.82. The Morgan fingerprint density at radius 1 is 1.13 bits per heavy atom. The first-order chi connectivity index (χ1) is 7.40. The van der Waals surface area contributed by atoms with Crippen LogP contribution in [-0.2, 0) is 6.54 Å². The molecule has 0 saturated carbocycles. The monoisotopic (exact) mass is 196 g/mol. The molecule has 1 aromatic heterocycles. The molecule has 0 spiro atoms. The highest BCUT2D eigenvalue weighted by molar-refractivity contribution is 5.62. The Bertz CT molecular complexity index is 449. The van der Waals surface area contributed by atoms with Crippen molar-refractivity contribution in [1.82, 2.24) is 4.98 Å². The van der Waals surface area contributed by atoms with Gasteiger partial charge in [-0.1, -0.05) is 24.3 Å². The predicted molar refractivity (Wildman–Crippen MR) is 62.9 cm³/mol. The van der Waals surface area contributed by atoms with Gasteiger partial charge in [-0.3, -0.25) is 9.98 Å². The van der Waals surface area contributed by atoms with E-state index in [1.54, 1.807) is 6.20 Å². The SMILES string of the molecule is C=NCc1cccc(-c2cccnc2)c1. The summed E-state index contributed by atoms with van der Waals surface area (Å²) in [5.41, 5.74) is 3.47. The molecule has 0 amide bonds. The Morgan fingerprint density at radius 3 is 2.73 bits per heavy atom. The van der Waals surface area contributed by atoms with E-state index in [4.69, 9.17) is 0 Å². The number of nitrogens with zero attached hydrogens (tertiary/aromatic N) is 2. The lowest BCUT2D eigenvalue weighted by atomic mass is 10.1. The molecule has 0 aliphatic rings. The van der Waals surface area contributed by atoms with Gasteiger partial charge in [-0.25, -0.2) is 0 Å². The molecule has 2 nitrogen and oxygen atoms in total. The largest absolute Gasteiger partial charge is 0.296 e. The van der Waals surface area contributed by atoms with Crippen LogP contribution < -0.4 is 0 Å². The summed E-state index contributed by atoms with van der Waals surface area (Å²) in [7, 11) is 0. The summed E-state index contributed by atoms with van der Waals surface area (Å²) in [6.07, 6.45) is 3.64. The van der Waals surface area contributed by atoms with Gasteiger partial charge in [0.1, 0.15) is 0 Å². The normalized spacial score (nSPS) is 9.87. The van der Waals surface area contributed by atoms with Crippen LogP contribution in [0.3, 0.4) is 0 Å². The summed E-state index contributed by atoms with van der Waals surface area (Å²) in [4.78, 5) is 7.98. The molecule has 0 atom stereocenters. The van der Waals surface area contributed by atoms with E-state index in [2.05, 4.69) is 34.9 Å². The van der Waals surface area contributed by atoms with Gasteiger partial charge < -0.3 is 0 Å². The lowest BCUT2D eigenvalue weighted by Gasteiger charge is -2.02. The van der Waals surface area contributed by atoms with Crippen LogP contribution in [0, 0.1) is 0 Å². The summed E-state index contributed by atoms with van der Waals surface area (Å²) in [5, 5.41) is 0. The molecule has 74 valence electrons. The molecule has 2 aromatic rings. The van der Waals surface area contributed by atoms with E-state index >= 15 is 0 Å². The summed E-state index contributed by atoms with van der Waals surface area (Å²) in [6.45, 7) is 4.16. The third-order valence-electron chi connectivity index (χ3n) is 2.22. The van der Waals surface area contributed by atoms with E-state index in [-0.39, 0.29) is 0 Å². The number of benzene rings is 1. The molecule has 0 bridgehead atoms. The highest BCUT2D eigenvalue weighted by Gasteiger charge is 1.97. The van der Waals surface area contributed by atoms with Crippen molar-refractivity contribution in [2.24, 2.45) is 4.99 Å². The highest BCUT2D eigenvalue weighted by Crippen LogP contribution is 2.19. The van der Waals surface area contributed by atoms with E-state index in [0.29, 0.717) is 6.54 Å². The molecule has 0 radical (unpaired) electrons. The molecule has 2 rings (SSSR count). The van der Waals surface area contributed by atoms with Crippen LogP contribution in [0.25, 0.3) is 11.1 Å². The minimum Gasteiger partial charge on any atom is -0.296 e. The van der Waals surface area contributed by atoms with Gasteiger partial charge in [-0.15, -0.1) is 0 Å². The minimum absolute atomic E-state index is 0.661. The second kappa shape index (κ2) is 4.51. The van der Waals surface area contributed by atoms with E-state index in [1.807, 2.05) is 24.4 Å². The standard InChI is InChI=1S/C13H12N2/c1-14-9-11-4-2-5-12(8-11)13-6-3-7-15-10-13/h2-8,10H,1,9H2. The van der Waals surface area contributed by atoms with Crippen molar-refractivity contribution < 1.29 is 0 Å². The molecular weight excluding hydrogens is 184 g/mol. The summed E-state index contributed by atoms with van der Waals surface area (Å²) >= 11 is 0. The molecule has 0 aliphatic heterocycles. The fourth-order valence-electron chi connectivity index (χ4n) is 1.51. The average Bonchev–Trinajstić information content (AvgIpc) is 2.31. The average molecular weight is 196 g/mol. The molecule has 1 heterocycles. The molecular formula is C13H12N2. The van der Waals surface area contributed by atoms with Crippen molar-refractivity contribution in [2.45, 2.75) is 6.54 Å². The second-order valence-corrected chi connectivity index (χ2v) is 3.32. The molecule has 15 heavy (non-hydrogen) atoms. The van der Waals surface area contributed by atoms with Crippen LogP contribution >= 0.6 is 0 Å². The molecule has 1 aromatic carbocycles. The van der Waals surface area contributed by atoms with Crippen LogP contribution in [0.2, 0.25) is 0 Å². The summed E-state index contributed by atoms with van der Waals surface area (Å²) < 4.78 is 0. The molecule has 0 unspecified atom stereocenters. The van der Waals surface area contributed by atoms with E-state index in [1.165, 1.54) is 11.1 Å². The van der Waals surface area contributed by atoms with Crippen LogP contribution in [-0.4, -0.2) is 11.7 Å². The zero-order valence-corrected chi connectivity index (χ0v) is 8.43. The van der Waals surface area contributed by atoms with Crippen LogP contribution in [0.5, 0.6) is 0 Å². The Hall–Kier alpha value is -1.96. The first kappa shape index (κ1) is 9.59. The Morgan fingerprint density at radius 2 is 2.00 bits per heavy atom. The highest BCUT2D eigenvalue weighted by atomic mass is 14.7. The zero-order valence-electron chi connectivity index (χ0n) is 8.43. The van der Waals surface area contributed by atoms with Crippen LogP contribution in [0.4, 0.5) is 0 Å². The van der Waals surface area contributed by atoms with Gasteiger partial charge in [0.15, 0.2) is 0 Å². The quantitative estimate of drug-likeness (QED) is 0.693. The Balaban J connectivity index is 2.37. The second-order valence-electron chi connectivity index (χ2n) is 3.32. The van der Waals surface area contributed by atoms with Crippen molar-refractivity contribution in [1.29, 1.82) is 0 Å². The van der Waals surface area contributed by atoms with Crippen molar-refractivity contribution in [2.75, 3.05) is 0 Å². The smallest absolute Gasteiger partial charge is 0.0632 e. The molecule has 2 heteroatoms. The fraction of sp³-hybridized carbons (Fsp3) is 0.0769. The van der Waals surface area contributed by atoms with Gasteiger partial charge in [-0.2, -0.15) is 0 Å². The number of aliphatic imine (C=N–C) groups is 1. The maximum atomic E-state index is 4.10. The Kier molecular flexibility index (Phi) is 2.88. The Labute approximate surface area is 89.3 Å². The summed E-state index contributed by atoms with van der Waals surface area (Å²) in [5.74, 6) is 0. The lowest BCUT2D eigenvalue weighted by molar-refractivity contribution is 1.08. The van der Waals surface area contributed by atoms with Crippen molar-refractivity contribution in [3.05, 3.63) is 54.4 Å². The maximum absolute atomic E-state index is 4.10. The lowest BCUT2D eigenvalue weighted by Crippen LogP contribution is -1.83. The molecule has 0 fully saturated rings. The van der Waals surface area contributed by atoms with Gasteiger partial charge in [-0.05, 0) is 35.5 Å². The van der Waals surface area contributed by atoms with Crippen molar-refractivity contribution in [3.63, 3.8) is 0 Å². The number of hydrogen-bond donors (Lipinski definition) is 0. The number of rotatable bonds is 3. The van der Waals surface area contributed by atoms with Crippen LogP contribution in [0.1, 0.15) is 5.56 Å². The topological polar surface area (TPSA) is 25.2 Å². The maximum Gasteiger partial charge on any atom is 0.0632 e. The van der Waals surface area contributed by atoms with Gasteiger partial charge in [0, 0.05) is 12.4 Å². The summed E-state index contributed by atoms with van der Waals surface area (Å²) in [6, 6.07) is 12.3. The molecule has 0 saturated heterocycles. The number of pyridine rings is 1. The number of aromatic nitrogens is 1. The van der Waals surface area contributed by atoms with Gasteiger partial charge in [0.2, 0.25) is 0 Å². The van der Waals surface area contributed by atoms with E-state index in [0.717, 1.165) is 5.56 Å². The van der Waals surface area contributed by atoms with Crippen LogP contribution in [0.15, 0.2) is 53.8 Å². The molecule has 0 aliphatic carbocycles. The van der Waals surface area contributed by atoms with E-state index < -0.39 is 0 Å². The van der Waals surface area contributed by atoms with E-state index in [9.17, 15) is 0 Å². The van der Waals surface area contributed by atoms with Gasteiger partial charge in [0.05, 0.1) is 6.54 Å². The van der Waals surface area contributed by atoms with Crippen molar-refractivity contribution in [3.8, 4) is 11.1 Å². The minimum atomic E-state index is 0.661. The fourth-order valence-corrected chi connectivity index (χ4v) is 1.51. The molecule has 0 N–H and O–H groups in total. The third kappa shape index (κ3) is 2.29. The first-order valence-corrected chi connectivity index (χ1v) is 4.82. The van der Waals surface area contributed by atoms with Gasteiger partial charge in [0.25, 0.3) is 0 Å². The third-order valence-corrected chi connectivity index (χ3v) is 2.22. The predicted octanol–water partition coefficient (Wildman–Crippen LogP) is 2.95. The zero-order chi connectivity index (χ0) is 10.5. The number of hydrogen-bond acceptors (Lipinski definition) is 2. The van der Waals surface area contributed by atoms with Gasteiger partial charge >= 0.3 is 0 Å².